The molecule has 1 aromatic rings. The molecule has 0 radical (unpaired) electrons. The predicted molar refractivity (Wildman–Crippen MR) is 89.5 cm³/mol. The standard InChI is InChI=1S/C16H25N3O2S/c1-12-5-6-13(22-12)10-18-16(17-2)19-7-9-21-15(11-19)14-4-3-8-20-14/h5-6,14-15H,3-4,7-11H2,1-2H3,(H,17,18). The first-order chi connectivity index (χ1) is 10.8. The first-order valence-electron chi connectivity index (χ1n) is 8.00. The number of rotatable bonds is 3. The van der Waals surface area contributed by atoms with Gasteiger partial charge in [0.15, 0.2) is 5.96 Å². The van der Waals surface area contributed by atoms with E-state index in [0.29, 0.717) is 0 Å². The minimum atomic E-state index is 0.166. The summed E-state index contributed by atoms with van der Waals surface area (Å²) in [5.74, 6) is 0.956. The molecule has 2 aliphatic rings. The average molecular weight is 323 g/mol. The summed E-state index contributed by atoms with van der Waals surface area (Å²) in [4.78, 5) is 9.40. The van der Waals surface area contributed by atoms with Crippen LogP contribution in [0.3, 0.4) is 0 Å². The number of ether oxygens (including phenoxy) is 2. The SMILES string of the molecule is CN=C(NCc1ccc(C)s1)N1CCOC(C2CCCO2)C1. The second-order valence-corrected chi connectivity index (χ2v) is 7.19. The zero-order valence-corrected chi connectivity index (χ0v) is 14.2. The van der Waals surface area contributed by atoms with Crippen LogP contribution >= 0.6 is 11.3 Å². The van der Waals surface area contributed by atoms with Gasteiger partial charge in [0.2, 0.25) is 0 Å². The van der Waals surface area contributed by atoms with Crippen molar-refractivity contribution in [2.24, 2.45) is 4.99 Å². The van der Waals surface area contributed by atoms with Crippen LogP contribution in [0.4, 0.5) is 0 Å². The smallest absolute Gasteiger partial charge is 0.194 e. The Hall–Kier alpha value is -1.11. The maximum Gasteiger partial charge on any atom is 0.194 e. The summed E-state index contributed by atoms with van der Waals surface area (Å²) in [6.07, 6.45) is 2.67. The van der Waals surface area contributed by atoms with E-state index in [0.717, 1.165) is 51.6 Å². The summed E-state index contributed by atoms with van der Waals surface area (Å²) in [5.41, 5.74) is 0. The largest absolute Gasteiger partial charge is 0.375 e. The number of aryl methyl sites for hydroxylation is 1. The quantitative estimate of drug-likeness (QED) is 0.683. The molecule has 122 valence electrons. The van der Waals surface area contributed by atoms with Gasteiger partial charge in [-0.2, -0.15) is 0 Å². The van der Waals surface area contributed by atoms with E-state index in [1.807, 2.05) is 18.4 Å². The molecule has 0 aromatic carbocycles. The van der Waals surface area contributed by atoms with E-state index in [-0.39, 0.29) is 12.2 Å². The molecule has 1 aromatic heterocycles. The summed E-state index contributed by atoms with van der Waals surface area (Å²) in [5, 5.41) is 3.47. The van der Waals surface area contributed by atoms with Gasteiger partial charge in [-0.15, -0.1) is 11.3 Å². The van der Waals surface area contributed by atoms with Crippen molar-refractivity contribution in [3.8, 4) is 0 Å². The Labute approximate surface area is 136 Å². The Morgan fingerprint density at radius 2 is 2.23 bits per heavy atom. The highest BCUT2D eigenvalue weighted by Gasteiger charge is 2.32. The Balaban J connectivity index is 1.55. The van der Waals surface area contributed by atoms with E-state index in [2.05, 4.69) is 34.3 Å². The molecule has 22 heavy (non-hydrogen) atoms. The highest BCUT2D eigenvalue weighted by Crippen LogP contribution is 2.21. The molecule has 5 nitrogen and oxygen atoms in total. The van der Waals surface area contributed by atoms with Crippen molar-refractivity contribution in [1.29, 1.82) is 0 Å². The molecule has 2 atom stereocenters. The molecule has 6 heteroatoms. The fraction of sp³-hybridized carbons (Fsp3) is 0.688. The number of hydrogen-bond donors (Lipinski definition) is 1. The molecule has 0 aliphatic carbocycles. The highest BCUT2D eigenvalue weighted by molar-refractivity contribution is 7.11. The molecule has 0 amide bonds. The number of thiophene rings is 1. The van der Waals surface area contributed by atoms with Crippen molar-refractivity contribution in [2.45, 2.75) is 38.5 Å². The van der Waals surface area contributed by atoms with Crippen molar-refractivity contribution >= 4 is 17.3 Å². The molecule has 1 N–H and O–H groups in total. The topological polar surface area (TPSA) is 46.1 Å². The van der Waals surface area contributed by atoms with Gasteiger partial charge in [0.05, 0.1) is 19.3 Å². The van der Waals surface area contributed by atoms with Crippen molar-refractivity contribution < 1.29 is 9.47 Å². The van der Waals surface area contributed by atoms with Crippen molar-refractivity contribution in [2.75, 3.05) is 33.4 Å². The van der Waals surface area contributed by atoms with E-state index < -0.39 is 0 Å². The second kappa shape index (κ2) is 7.44. The van der Waals surface area contributed by atoms with Gasteiger partial charge < -0.3 is 19.7 Å². The van der Waals surface area contributed by atoms with E-state index >= 15 is 0 Å². The minimum Gasteiger partial charge on any atom is -0.375 e. The average Bonchev–Trinajstić information content (AvgIpc) is 3.20. The lowest BCUT2D eigenvalue weighted by molar-refractivity contribution is -0.0817. The summed E-state index contributed by atoms with van der Waals surface area (Å²) in [6, 6.07) is 4.33. The molecule has 2 unspecified atom stereocenters. The van der Waals surface area contributed by atoms with E-state index in [1.165, 1.54) is 9.75 Å². The molecule has 0 saturated carbocycles. The Morgan fingerprint density at radius 1 is 1.36 bits per heavy atom. The minimum absolute atomic E-state index is 0.166. The Morgan fingerprint density at radius 3 is 2.91 bits per heavy atom. The number of guanidine groups is 1. The highest BCUT2D eigenvalue weighted by atomic mass is 32.1. The summed E-state index contributed by atoms with van der Waals surface area (Å²) < 4.78 is 11.7. The second-order valence-electron chi connectivity index (χ2n) is 5.82. The lowest BCUT2D eigenvalue weighted by atomic mass is 10.1. The van der Waals surface area contributed by atoms with Crippen molar-refractivity contribution in [3.05, 3.63) is 21.9 Å². The van der Waals surface area contributed by atoms with Gasteiger partial charge in [0, 0.05) is 36.5 Å². The van der Waals surface area contributed by atoms with Crippen LogP contribution in [-0.4, -0.2) is 56.4 Å². The Kier molecular flexibility index (Phi) is 5.33. The lowest BCUT2D eigenvalue weighted by Crippen LogP contribution is -2.53. The molecular weight excluding hydrogens is 298 g/mol. The predicted octanol–water partition coefficient (Wildman–Crippen LogP) is 2.01. The van der Waals surface area contributed by atoms with Gasteiger partial charge in [-0.25, -0.2) is 0 Å². The molecule has 3 rings (SSSR count). The summed E-state index contributed by atoms with van der Waals surface area (Å²) >= 11 is 1.83. The number of aliphatic imine (C=N–C) groups is 1. The zero-order valence-electron chi connectivity index (χ0n) is 13.4. The van der Waals surface area contributed by atoms with Crippen LogP contribution in [0.15, 0.2) is 17.1 Å². The van der Waals surface area contributed by atoms with Crippen LogP contribution in [0.1, 0.15) is 22.6 Å². The number of hydrogen-bond acceptors (Lipinski definition) is 4. The molecule has 2 aliphatic heterocycles. The van der Waals surface area contributed by atoms with E-state index in [1.54, 1.807) is 0 Å². The molecule has 0 spiro atoms. The number of nitrogens with zero attached hydrogens (tertiary/aromatic N) is 2. The van der Waals surface area contributed by atoms with Gasteiger partial charge in [-0.3, -0.25) is 4.99 Å². The summed E-state index contributed by atoms with van der Waals surface area (Å²) in [7, 11) is 1.85. The number of nitrogens with one attached hydrogen (secondary N) is 1. The third kappa shape index (κ3) is 3.80. The van der Waals surface area contributed by atoms with Gasteiger partial charge in [-0.1, -0.05) is 0 Å². The molecule has 2 saturated heterocycles. The van der Waals surface area contributed by atoms with E-state index in [9.17, 15) is 0 Å². The van der Waals surface area contributed by atoms with Gasteiger partial charge in [0.1, 0.15) is 6.10 Å². The first kappa shape index (κ1) is 15.8. The van der Waals surface area contributed by atoms with Crippen LogP contribution in [-0.2, 0) is 16.0 Å². The maximum absolute atomic E-state index is 5.91. The summed E-state index contributed by atoms with van der Waals surface area (Å²) in [6.45, 7) is 6.31. The van der Waals surface area contributed by atoms with Crippen LogP contribution in [0, 0.1) is 6.92 Å². The first-order valence-corrected chi connectivity index (χ1v) is 8.82. The fourth-order valence-corrected chi connectivity index (χ4v) is 3.90. The van der Waals surface area contributed by atoms with Crippen molar-refractivity contribution in [1.82, 2.24) is 10.2 Å². The fourth-order valence-electron chi connectivity index (χ4n) is 3.07. The zero-order chi connectivity index (χ0) is 15.4. The third-order valence-corrected chi connectivity index (χ3v) is 5.20. The molecule has 3 heterocycles. The van der Waals surface area contributed by atoms with Gasteiger partial charge >= 0.3 is 0 Å². The third-order valence-electron chi connectivity index (χ3n) is 4.20. The maximum atomic E-state index is 5.91. The van der Waals surface area contributed by atoms with Crippen LogP contribution in [0.5, 0.6) is 0 Å². The molecule has 0 bridgehead atoms. The van der Waals surface area contributed by atoms with Gasteiger partial charge in [-0.05, 0) is 31.9 Å². The monoisotopic (exact) mass is 323 g/mol. The lowest BCUT2D eigenvalue weighted by Gasteiger charge is -2.37. The van der Waals surface area contributed by atoms with Crippen LogP contribution in [0.2, 0.25) is 0 Å². The van der Waals surface area contributed by atoms with Crippen molar-refractivity contribution in [3.63, 3.8) is 0 Å². The Bertz CT molecular complexity index is 511. The number of morpholine rings is 1. The van der Waals surface area contributed by atoms with Gasteiger partial charge in [0.25, 0.3) is 0 Å². The molecule has 2 fully saturated rings. The molecular formula is C16H25N3O2S. The van der Waals surface area contributed by atoms with Crippen LogP contribution in [0.25, 0.3) is 0 Å². The van der Waals surface area contributed by atoms with E-state index in [4.69, 9.17) is 9.47 Å². The van der Waals surface area contributed by atoms with Crippen LogP contribution < -0.4 is 5.32 Å². The normalized spacial score (nSPS) is 26.5.